The van der Waals surface area contributed by atoms with Gasteiger partial charge in [-0.25, -0.2) is 9.97 Å². The SMILES string of the molecule is COc1ccccc1-c1[nH]nc2ncc(-c3ccccc3C)nc12. The van der Waals surface area contributed by atoms with Gasteiger partial charge >= 0.3 is 0 Å². The minimum atomic E-state index is 0.591. The van der Waals surface area contributed by atoms with E-state index in [-0.39, 0.29) is 0 Å². The van der Waals surface area contributed by atoms with Gasteiger partial charge in [0, 0.05) is 11.1 Å². The fourth-order valence-corrected chi connectivity index (χ4v) is 2.82. The number of hydrogen-bond donors (Lipinski definition) is 1. The van der Waals surface area contributed by atoms with E-state index in [4.69, 9.17) is 9.72 Å². The van der Waals surface area contributed by atoms with Crippen molar-refractivity contribution in [2.24, 2.45) is 0 Å². The number of rotatable bonds is 3. The Hall–Kier alpha value is -3.21. The number of nitrogens with one attached hydrogen (secondary N) is 1. The lowest BCUT2D eigenvalue weighted by atomic mass is 10.1. The number of aromatic amines is 1. The smallest absolute Gasteiger partial charge is 0.200 e. The second-order valence-electron chi connectivity index (χ2n) is 5.54. The van der Waals surface area contributed by atoms with Crippen LogP contribution in [0.1, 0.15) is 5.56 Å². The van der Waals surface area contributed by atoms with Gasteiger partial charge in [0.25, 0.3) is 0 Å². The molecule has 0 amide bonds. The highest BCUT2D eigenvalue weighted by Gasteiger charge is 2.15. The van der Waals surface area contributed by atoms with Crippen LogP contribution in [0.15, 0.2) is 54.7 Å². The molecule has 4 rings (SSSR count). The number of H-pyrrole nitrogens is 1. The molecule has 2 heterocycles. The molecular weight excluding hydrogens is 300 g/mol. The van der Waals surface area contributed by atoms with Crippen molar-refractivity contribution in [3.05, 3.63) is 60.3 Å². The van der Waals surface area contributed by atoms with Crippen LogP contribution in [0.3, 0.4) is 0 Å². The molecule has 0 aliphatic carbocycles. The monoisotopic (exact) mass is 316 g/mol. The summed E-state index contributed by atoms with van der Waals surface area (Å²) < 4.78 is 5.46. The molecule has 2 aromatic heterocycles. The van der Waals surface area contributed by atoms with Gasteiger partial charge in [0.15, 0.2) is 5.65 Å². The minimum absolute atomic E-state index is 0.591. The molecule has 118 valence electrons. The van der Waals surface area contributed by atoms with Gasteiger partial charge in [0.1, 0.15) is 11.3 Å². The Labute approximate surface area is 139 Å². The van der Waals surface area contributed by atoms with Crippen LogP contribution in [0.4, 0.5) is 0 Å². The molecule has 24 heavy (non-hydrogen) atoms. The Morgan fingerprint density at radius 2 is 1.71 bits per heavy atom. The van der Waals surface area contributed by atoms with Crippen LogP contribution in [0.2, 0.25) is 0 Å². The molecule has 0 unspecified atom stereocenters. The summed E-state index contributed by atoms with van der Waals surface area (Å²) >= 11 is 0. The zero-order chi connectivity index (χ0) is 16.5. The molecule has 2 aromatic carbocycles. The van der Waals surface area contributed by atoms with Gasteiger partial charge < -0.3 is 4.74 Å². The minimum Gasteiger partial charge on any atom is -0.496 e. The number of ether oxygens (including phenoxy) is 1. The largest absolute Gasteiger partial charge is 0.496 e. The maximum atomic E-state index is 5.46. The van der Waals surface area contributed by atoms with E-state index in [1.54, 1.807) is 13.3 Å². The van der Waals surface area contributed by atoms with Gasteiger partial charge in [-0.15, -0.1) is 0 Å². The molecule has 0 atom stereocenters. The average Bonchev–Trinajstić information content (AvgIpc) is 3.05. The molecule has 0 aliphatic heterocycles. The number of methoxy groups -OCH3 is 1. The first-order chi connectivity index (χ1) is 11.8. The summed E-state index contributed by atoms with van der Waals surface area (Å²) in [4.78, 5) is 9.26. The molecule has 0 spiro atoms. The predicted octanol–water partition coefficient (Wildman–Crippen LogP) is 4.00. The van der Waals surface area contributed by atoms with Crippen LogP contribution in [0, 0.1) is 6.92 Å². The van der Waals surface area contributed by atoms with Crippen LogP contribution in [0.5, 0.6) is 5.75 Å². The third kappa shape index (κ3) is 2.31. The van der Waals surface area contributed by atoms with Crippen molar-refractivity contribution in [1.82, 2.24) is 20.2 Å². The summed E-state index contributed by atoms with van der Waals surface area (Å²) in [5.74, 6) is 0.770. The number of benzene rings is 2. The van der Waals surface area contributed by atoms with Crippen LogP contribution in [0.25, 0.3) is 33.7 Å². The van der Waals surface area contributed by atoms with Gasteiger partial charge in [0.05, 0.1) is 24.7 Å². The van der Waals surface area contributed by atoms with Crippen molar-refractivity contribution < 1.29 is 4.74 Å². The number of fused-ring (bicyclic) bond motifs is 1. The van der Waals surface area contributed by atoms with Crippen molar-refractivity contribution in [1.29, 1.82) is 0 Å². The number of nitrogens with zero attached hydrogens (tertiary/aromatic N) is 3. The van der Waals surface area contributed by atoms with E-state index in [1.165, 1.54) is 0 Å². The van der Waals surface area contributed by atoms with Crippen molar-refractivity contribution in [2.45, 2.75) is 6.92 Å². The van der Waals surface area contributed by atoms with Crippen molar-refractivity contribution in [2.75, 3.05) is 7.11 Å². The highest BCUT2D eigenvalue weighted by molar-refractivity contribution is 5.90. The van der Waals surface area contributed by atoms with E-state index >= 15 is 0 Å². The van der Waals surface area contributed by atoms with Gasteiger partial charge in [-0.2, -0.15) is 5.10 Å². The standard InChI is InChI=1S/C19H16N4O/c1-12-7-3-4-8-13(12)15-11-20-19-18(21-15)17(22-23-19)14-9-5-6-10-16(14)24-2/h3-11H,1-2H3,(H,20,22,23). The Kier molecular flexibility index (Phi) is 3.46. The van der Waals surface area contributed by atoms with E-state index < -0.39 is 0 Å². The average molecular weight is 316 g/mol. The molecule has 0 aliphatic rings. The van der Waals surface area contributed by atoms with Gasteiger partial charge in [0.2, 0.25) is 0 Å². The Morgan fingerprint density at radius 1 is 0.958 bits per heavy atom. The number of para-hydroxylation sites is 1. The lowest BCUT2D eigenvalue weighted by Crippen LogP contribution is -1.91. The maximum Gasteiger partial charge on any atom is 0.200 e. The number of aromatic nitrogens is 4. The van der Waals surface area contributed by atoms with E-state index in [0.717, 1.165) is 39.3 Å². The zero-order valence-electron chi connectivity index (χ0n) is 13.4. The van der Waals surface area contributed by atoms with Gasteiger partial charge in [-0.05, 0) is 24.6 Å². The Balaban J connectivity index is 1.93. The van der Waals surface area contributed by atoms with Crippen LogP contribution >= 0.6 is 0 Å². The fourth-order valence-electron chi connectivity index (χ4n) is 2.82. The van der Waals surface area contributed by atoms with Crippen LogP contribution in [-0.4, -0.2) is 27.3 Å². The second-order valence-corrected chi connectivity index (χ2v) is 5.54. The lowest BCUT2D eigenvalue weighted by molar-refractivity contribution is 0.416. The molecule has 0 saturated carbocycles. The van der Waals surface area contributed by atoms with E-state index in [1.807, 2.05) is 42.5 Å². The molecule has 1 N–H and O–H groups in total. The fraction of sp³-hybridized carbons (Fsp3) is 0.105. The molecule has 0 bridgehead atoms. The van der Waals surface area contributed by atoms with Crippen molar-refractivity contribution in [3.63, 3.8) is 0 Å². The summed E-state index contributed by atoms with van der Waals surface area (Å²) in [5, 5.41) is 7.32. The first-order valence-electron chi connectivity index (χ1n) is 7.68. The summed E-state index contributed by atoms with van der Waals surface area (Å²) in [5.41, 5.74) is 6.11. The molecule has 4 aromatic rings. The number of aryl methyl sites for hydroxylation is 1. The van der Waals surface area contributed by atoms with Crippen molar-refractivity contribution in [3.8, 4) is 28.3 Å². The summed E-state index contributed by atoms with van der Waals surface area (Å²) in [7, 11) is 1.65. The lowest BCUT2D eigenvalue weighted by Gasteiger charge is -2.07. The first-order valence-corrected chi connectivity index (χ1v) is 7.68. The molecule has 0 saturated heterocycles. The summed E-state index contributed by atoms with van der Waals surface area (Å²) in [6.07, 6.45) is 1.76. The number of hydrogen-bond acceptors (Lipinski definition) is 4. The van der Waals surface area contributed by atoms with Gasteiger partial charge in [-0.3, -0.25) is 5.10 Å². The highest BCUT2D eigenvalue weighted by atomic mass is 16.5. The molecular formula is C19H16N4O. The third-order valence-corrected chi connectivity index (χ3v) is 4.06. The van der Waals surface area contributed by atoms with Gasteiger partial charge in [-0.1, -0.05) is 36.4 Å². The van der Waals surface area contributed by atoms with Crippen LogP contribution in [-0.2, 0) is 0 Å². The molecule has 0 fully saturated rings. The Morgan fingerprint density at radius 3 is 2.50 bits per heavy atom. The normalized spacial score (nSPS) is 10.9. The Bertz CT molecular complexity index is 1020. The summed E-state index contributed by atoms with van der Waals surface area (Å²) in [6, 6.07) is 15.9. The zero-order valence-corrected chi connectivity index (χ0v) is 13.4. The van der Waals surface area contributed by atoms with Crippen molar-refractivity contribution >= 4 is 11.2 Å². The molecule has 5 nitrogen and oxygen atoms in total. The molecule has 0 radical (unpaired) electrons. The quantitative estimate of drug-likeness (QED) is 0.620. The first kappa shape index (κ1) is 14.4. The van der Waals surface area contributed by atoms with E-state index in [9.17, 15) is 0 Å². The van der Waals surface area contributed by atoms with E-state index in [0.29, 0.717) is 5.65 Å². The molecule has 5 heteroatoms. The second kappa shape index (κ2) is 5.77. The topological polar surface area (TPSA) is 63.7 Å². The predicted molar refractivity (Wildman–Crippen MR) is 93.8 cm³/mol. The van der Waals surface area contributed by atoms with E-state index in [2.05, 4.69) is 28.2 Å². The van der Waals surface area contributed by atoms with Crippen LogP contribution < -0.4 is 4.74 Å². The summed E-state index contributed by atoms with van der Waals surface area (Å²) in [6.45, 7) is 2.07. The highest BCUT2D eigenvalue weighted by Crippen LogP contribution is 2.32. The maximum absolute atomic E-state index is 5.46. The third-order valence-electron chi connectivity index (χ3n) is 4.06.